The number of hydrogen-bond donors (Lipinski definition) is 1. The normalized spacial score (nSPS) is 14.6. The summed E-state index contributed by atoms with van der Waals surface area (Å²) in [5.41, 5.74) is 0.0396. The summed E-state index contributed by atoms with van der Waals surface area (Å²) in [4.78, 5) is 11.6. The molecule has 0 aromatic heterocycles. The Morgan fingerprint density at radius 3 is 2.43 bits per heavy atom. The quantitative estimate of drug-likeness (QED) is 0.496. The lowest BCUT2D eigenvalue weighted by Gasteiger charge is -2.12. The Labute approximate surface area is 168 Å². The van der Waals surface area contributed by atoms with E-state index in [1.54, 1.807) is 6.92 Å². The summed E-state index contributed by atoms with van der Waals surface area (Å²) in [5.74, 6) is -0.502. The molecule has 1 saturated carbocycles. The minimum Gasteiger partial charge on any atom is -0.378 e. The number of halogens is 1. The van der Waals surface area contributed by atoms with E-state index in [1.165, 1.54) is 36.4 Å². The predicted octanol–water partition coefficient (Wildman–Crippen LogP) is 3.14. The van der Waals surface area contributed by atoms with E-state index >= 15 is 0 Å². The van der Waals surface area contributed by atoms with Crippen LogP contribution >= 0.6 is 11.6 Å². The molecule has 1 aliphatic rings. The number of Topliss-reactive ketones (excluding diaryl/α,β-unsaturated/α-hetero) is 1. The monoisotopic (exact) mass is 443 g/mol. The first-order valence-electron chi connectivity index (χ1n) is 8.52. The number of sulfonamides is 1. The van der Waals surface area contributed by atoms with E-state index in [4.69, 9.17) is 15.8 Å². The Morgan fingerprint density at radius 1 is 1.11 bits per heavy atom. The Bertz CT molecular complexity index is 1120. The van der Waals surface area contributed by atoms with Crippen molar-refractivity contribution < 1.29 is 25.8 Å². The van der Waals surface area contributed by atoms with Crippen LogP contribution in [0.3, 0.4) is 0 Å². The molecular weight excluding hydrogens is 426 g/mol. The number of ketones is 1. The first-order chi connectivity index (χ1) is 13.1. The van der Waals surface area contributed by atoms with Gasteiger partial charge in [-0.05, 0) is 49.2 Å². The maximum Gasteiger partial charge on any atom is 0.339 e. The summed E-state index contributed by atoms with van der Waals surface area (Å²) in [5, 5.41) is 0.265. The first-order valence-corrected chi connectivity index (χ1v) is 11.8. The molecule has 150 valence electrons. The minimum absolute atomic E-state index is 0.0396. The third-order valence-electron chi connectivity index (χ3n) is 4.07. The molecule has 0 amide bonds. The molecule has 10 heteroatoms. The van der Waals surface area contributed by atoms with Crippen LogP contribution in [0.1, 0.15) is 36.5 Å². The molecule has 0 saturated heterocycles. The topological polar surface area (TPSA) is 107 Å². The van der Waals surface area contributed by atoms with Crippen LogP contribution in [-0.2, 0) is 20.1 Å². The van der Waals surface area contributed by atoms with Gasteiger partial charge in [-0.2, -0.15) is 8.42 Å². The molecule has 0 heterocycles. The van der Waals surface area contributed by atoms with Crippen LogP contribution in [0, 0.1) is 0 Å². The molecule has 0 spiro atoms. The molecule has 2 aromatic carbocycles. The van der Waals surface area contributed by atoms with Gasteiger partial charge in [-0.1, -0.05) is 24.6 Å². The van der Waals surface area contributed by atoms with Crippen molar-refractivity contribution in [1.82, 2.24) is 4.72 Å². The molecular formula is C18H18ClNO6S2. The van der Waals surface area contributed by atoms with Gasteiger partial charge in [-0.25, -0.2) is 13.1 Å². The SMILES string of the molecule is CCC(=O)c1cc(Cl)ccc1OS(=O)(=O)c1cccc(S(=O)(=O)NC2CC2)c1. The molecule has 7 nitrogen and oxygen atoms in total. The highest BCUT2D eigenvalue weighted by Gasteiger charge is 2.29. The largest absolute Gasteiger partial charge is 0.378 e. The van der Waals surface area contributed by atoms with Crippen LogP contribution in [-0.4, -0.2) is 28.7 Å². The van der Waals surface area contributed by atoms with E-state index in [1.807, 2.05) is 0 Å². The lowest BCUT2D eigenvalue weighted by molar-refractivity contribution is 0.0986. The van der Waals surface area contributed by atoms with Crippen LogP contribution in [0.5, 0.6) is 5.75 Å². The molecule has 0 aliphatic heterocycles. The fraction of sp³-hybridized carbons (Fsp3) is 0.278. The van der Waals surface area contributed by atoms with Gasteiger partial charge in [-0.15, -0.1) is 0 Å². The highest BCUT2D eigenvalue weighted by atomic mass is 35.5. The number of benzene rings is 2. The van der Waals surface area contributed by atoms with Gasteiger partial charge in [0.25, 0.3) is 0 Å². The van der Waals surface area contributed by atoms with Crippen LogP contribution in [0.15, 0.2) is 52.3 Å². The molecule has 0 bridgehead atoms. The average molecular weight is 444 g/mol. The van der Waals surface area contributed by atoms with E-state index in [2.05, 4.69) is 4.72 Å². The van der Waals surface area contributed by atoms with Gasteiger partial charge in [0.15, 0.2) is 11.5 Å². The van der Waals surface area contributed by atoms with Crippen LogP contribution in [0.4, 0.5) is 0 Å². The van der Waals surface area contributed by atoms with Crippen molar-refractivity contribution in [2.75, 3.05) is 0 Å². The van der Waals surface area contributed by atoms with Crippen molar-refractivity contribution in [3.8, 4) is 5.75 Å². The van der Waals surface area contributed by atoms with Gasteiger partial charge >= 0.3 is 10.1 Å². The maximum absolute atomic E-state index is 12.7. The van der Waals surface area contributed by atoms with Crippen molar-refractivity contribution in [2.45, 2.75) is 42.0 Å². The Balaban J connectivity index is 1.94. The molecule has 28 heavy (non-hydrogen) atoms. The summed E-state index contributed by atoms with van der Waals surface area (Å²) >= 11 is 5.89. The molecule has 0 radical (unpaired) electrons. The fourth-order valence-corrected chi connectivity index (χ4v) is 5.03. The Hall–Kier alpha value is -1.94. The van der Waals surface area contributed by atoms with Crippen LogP contribution < -0.4 is 8.91 Å². The Kier molecular flexibility index (Phi) is 5.81. The van der Waals surface area contributed by atoms with Gasteiger partial charge in [0, 0.05) is 17.5 Å². The molecule has 0 atom stereocenters. The minimum atomic E-state index is -4.37. The number of rotatable bonds is 8. The van der Waals surface area contributed by atoms with Crippen molar-refractivity contribution >= 4 is 37.5 Å². The highest BCUT2D eigenvalue weighted by Crippen LogP contribution is 2.28. The molecule has 1 N–H and O–H groups in total. The van der Waals surface area contributed by atoms with Crippen molar-refractivity contribution in [3.63, 3.8) is 0 Å². The second-order valence-corrected chi connectivity index (χ2v) is 10.0. The van der Waals surface area contributed by atoms with Crippen LogP contribution in [0.2, 0.25) is 5.02 Å². The zero-order chi connectivity index (χ0) is 20.5. The highest BCUT2D eigenvalue weighted by molar-refractivity contribution is 7.89. The van der Waals surface area contributed by atoms with Gasteiger partial charge in [-0.3, -0.25) is 4.79 Å². The summed E-state index contributed by atoms with van der Waals surface area (Å²) in [6.07, 6.45) is 1.65. The fourth-order valence-electron chi connectivity index (χ4n) is 2.44. The number of hydrogen-bond acceptors (Lipinski definition) is 6. The second-order valence-electron chi connectivity index (χ2n) is 6.33. The van der Waals surface area contributed by atoms with E-state index in [-0.39, 0.29) is 44.4 Å². The van der Waals surface area contributed by atoms with Crippen LogP contribution in [0.25, 0.3) is 0 Å². The zero-order valence-electron chi connectivity index (χ0n) is 14.9. The second kappa shape index (κ2) is 7.82. The first kappa shape index (κ1) is 20.8. The average Bonchev–Trinajstić information content (AvgIpc) is 3.46. The number of carbonyl (C=O) groups excluding carboxylic acids is 1. The van der Waals surface area contributed by atoms with E-state index in [0.29, 0.717) is 0 Å². The number of nitrogens with one attached hydrogen (secondary N) is 1. The van der Waals surface area contributed by atoms with Gasteiger partial charge in [0.05, 0.1) is 10.5 Å². The maximum atomic E-state index is 12.7. The molecule has 0 unspecified atom stereocenters. The molecule has 1 aliphatic carbocycles. The third kappa shape index (κ3) is 4.72. The Morgan fingerprint density at radius 2 is 1.79 bits per heavy atom. The lowest BCUT2D eigenvalue weighted by atomic mass is 10.1. The van der Waals surface area contributed by atoms with Gasteiger partial charge in [0.2, 0.25) is 10.0 Å². The van der Waals surface area contributed by atoms with E-state index in [9.17, 15) is 21.6 Å². The lowest BCUT2D eigenvalue weighted by Crippen LogP contribution is -2.26. The van der Waals surface area contributed by atoms with Crippen molar-refractivity contribution in [1.29, 1.82) is 0 Å². The summed E-state index contributed by atoms with van der Waals surface area (Å²) in [7, 11) is -8.20. The standard InChI is InChI=1S/C18H18ClNO6S2/c1-2-17(21)16-10-12(19)6-9-18(16)26-28(24,25)15-5-3-4-14(11-15)27(22,23)20-13-7-8-13/h3-6,9-11,13,20H,2,7-8H2,1H3. The smallest absolute Gasteiger partial charge is 0.339 e. The van der Waals surface area contributed by atoms with Crippen molar-refractivity contribution in [3.05, 3.63) is 53.1 Å². The zero-order valence-corrected chi connectivity index (χ0v) is 17.3. The van der Waals surface area contributed by atoms with Gasteiger partial charge < -0.3 is 4.18 Å². The van der Waals surface area contributed by atoms with Crippen molar-refractivity contribution in [2.24, 2.45) is 0 Å². The summed E-state index contributed by atoms with van der Waals surface area (Å²) in [6.45, 7) is 1.63. The third-order valence-corrected chi connectivity index (χ3v) is 7.05. The van der Waals surface area contributed by atoms with Gasteiger partial charge in [0.1, 0.15) is 4.90 Å². The van der Waals surface area contributed by atoms with E-state index in [0.717, 1.165) is 18.9 Å². The molecule has 1 fully saturated rings. The summed E-state index contributed by atoms with van der Waals surface area (Å²) < 4.78 is 57.7. The molecule has 2 aromatic rings. The molecule has 3 rings (SSSR count). The van der Waals surface area contributed by atoms with E-state index < -0.39 is 20.1 Å². The summed E-state index contributed by atoms with van der Waals surface area (Å²) in [6, 6.07) is 8.78. The predicted molar refractivity (Wildman–Crippen MR) is 104 cm³/mol. The number of carbonyl (C=O) groups is 1.